The Hall–Kier alpha value is -0.320. The largest absolute Gasteiger partial charge is 0.378 e. The van der Waals surface area contributed by atoms with Gasteiger partial charge < -0.3 is 15.4 Å². The maximum absolute atomic E-state index is 11.9. The molecule has 108 valence electrons. The third kappa shape index (κ3) is 3.59. The number of nitrogens with two attached hydrogens (primary N) is 1. The first kappa shape index (κ1) is 17.7. The standard InChI is InChI=1S/C13H26N2O2.ClH/c1-6-17-11-8-10(13(11,3)4)15(5)12(16)7-9(2)14;/h9-11H,6-8,14H2,1-5H3;1H. The van der Waals surface area contributed by atoms with E-state index in [-0.39, 0.29) is 41.9 Å². The summed E-state index contributed by atoms with van der Waals surface area (Å²) in [6.07, 6.45) is 1.62. The fraction of sp³-hybridized carbons (Fsp3) is 0.923. The molecule has 2 N–H and O–H groups in total. The molecule has 1 fully saturated rings. The molecule has 3 atom stereocenters. The molecule has 1 aliphatic rings. The lowest BCUT2D eigenvalue weighted by molar-refractivity contribution is -0.163. The van der Waals surface area contributed by atoms with E-state index in [0.29, 0.717) is 6.42 Å². The lowest BCUT2D eigenvalue weighted by atomic mass is 9.63. The van der Waals surface area contributed by atoms with Crippen molar-refractivity contribution in [1.29, 1.82) is 0 Å². The van der Waals surface area contributed by atoms with Gasteiger partial charge in [0.25, 0.3) is 0 Å². The minimum Gasteiger partial charge on any atom is -0.378 e. The van der Waals surface area contributed by atoms with Crippen LogP contribution in [0.3, 0.4) is 0 Å². The number of carbonyl (C=O) groups excluding carboxylic acids is 1. The van der Waals surface area contributed by atoms with E-state index in [9.17, 15) is 4.79 Å². The Morgan fingerprint density at radius 1 is 1.56 bits per heavy atom. The van der Waals surface area contributed by atoms with Crippen molar-refractivity contribution in [3.05, 3.63) is 0 Å². The Labute approximate surface area is 117 Å². The molecule has 0 bridgehead atoms. The third-order valence-corrected chi connectivity index (χ3v) is 3.85. The number of halogens is 1. The van der Waals surface area contributed by atoms with E-state index in [4.69, 9.17) is 10.5 Å². The summed E-state index contributed by atoms with van der Waals surface area (Å²) in [5.41, 5.74) is 5.70. The summed E-state index contributed by atoms with van der Waals surface area (Å²) < 4.78 is 5.67. The first-order valence-electron chi connectivity index (χ1n) is 6.43. The quantitative estimate of drug-likeness (QED) is 0.834. The van der Waals surface area contributed by atoms with Gasteiger partial charge in [-0.15, -0.1) is 12.4 Å². The fourth-order valence-electron chi connectivity index (χ4n) is 2.60. The molecule has 4 nitrogen and oxygen atoms in total. The highest BCUT2D eigenvalue weighted by Crippen LogP contribution is 2.45. The van der Waals surface area contributed by atoms with Crippen molar-refractivity contribution in [3.63, 3.8) is 0 Å². The molecule has 0 spiro atoms. The molecule has 1 saturated carbocycles. The molecular formula is C13H27ClN2O2. The van der Waals surface area contributed by atoms with Crippen LogP contribution in [-0.4, -0.2) is 42.6 Å². The van der Waals surface area contributed by atoms with Crippen LogP contribution in [0, 0.1) is 5.41 Å². The van der Waals surface area contributed by atoms with Crippen LogP contribution in [0.2, 0.25) is 0 Å². The van der Waals surface area contributed by atoms with Gasteiger partial charge in [-0.3, -0.25) is 4.79 Å². The summed E-state index contributed by atoms with van der Waals surface area (Å²) >= 11 is 0. The summed E-state index contributed by atoms with van der Waals surface area (Å²) in [6.45, 7) is 8.93. The van der Waals surface area contributed by atoms with E-state index >= 15 is 0 Å². The number of rotatable bonds is 5. The topological polar surface area (TPSA) is 55.6 Å². The van der Waals surface area contributed by atoms with Crippen LogP contribution in [0.4, 0.5) is 0 Å². The Balaban J connectivity index is 0.00000289. The van der Waals surface area contributed by atoms with Crippen molar-refractivity contribution in [2.24, 2.45) is 11.1 Å². The zero-order valence-corrected chi connectivity index (χ0v) is 12.9. The Morgan fingerprint density at radius 2 is 2.11 bits per heavy atom. The zero-order chi connectivity index (χ0) is 13.2. The van der Waals surface area contributed by atoms with Crippen LogP contribution < -0.4 is 5.73 Å². The maximum atomic E-state index is 11.9. The van der Waals surface area contributed by atoms with Crippen LogP contribution in [0.15, 0.2) is 0 Å². The Kier molecular flexibility index (Phi) is 6.61. The first-order valence-corrected chi connectivity index (χ1v) is 6.43. The molecule has 0 aromatic heterocycles. The van der Waals surface area contributed by atoms with E-state index in [1.807, 2.05) is 25.8 Å². The first-order chi connectivity index (χ1) is 7.80. The van der Waals surface area contributed by atoms with E-state index in [1.54, 1.807) is 0 Å². The Morgan fingerprint density at radius 3 is 2.50 bits per heavy atom. The summed E-state index contributed by atoms with van der Waals surface area (Å²) in [5.74, 6) is 0.132. The summed E-state index contributed by atoms with van der Waals surface area (Å²) in [5, 5.41) is 0. The number of nitrogens with zero attached hydrogens (tertiary/aromatic N) is 1. The van der Waals surface area contributed by atoms with Crippen molar-refractivity contribution in [2.75, 3.05) is 13.7 Å². The van der Waals surface area contributed by atoms with Gasteiger partial charge in [0.1, 0.15) is 0 Å². The SMILES string of the molecule is CCOC1CC(N(C)C(=O)CC(C)N)C1(C)C.Cl. The van der Waals surface area contributed by atoms with Crippen LogP contribution in [0.25, 0.3) is 0 Å². The molecule has 0 radical (unpaired) electrons. The second-order valence-electron chi connectivity index (χ2n) is 5.70. The average molecular weight is 279 g/mol. The van der Waals surface area contributed by atoms with Crippen LogP contribution in [0.5, 0.6) is 0 Å². The summed E-state index contributed by atoms with van der Waals surface area (Å²) in [4.78, 5) is 13.8. The molecule has 0 aromatic carbocycles. The van der Waals surface area contributed by atoms with Gasteiger partial charge in [0, 0.05) is 37.6 Å². The lowest BCUT2D eigenvalue weighted by Crippen LogP contribution is -2.62. The molecule has 3 unspecified atom stereocenters. The second kappa shape index (κ2) is 6.73. The summed E-state index contributed by atoms with van der Waals surface area (Å²) in [6, 6.07) is 0.195. The number of carbonyl (C=O) groups is 1. The molecule has 18 heavy (non-hydrogen) atoms. The minimum absolute atomic E-state index is 0. The van der Waals surface area contributed by atoms with E-state index in [2.05, 4.69) is 13.8 Å². The molecule has 1 rings (SSSR count). The fourth-order valence-corrected chi connectivity index (χ4v) is 2.60. The number of hydrogen-bond acceptors (Lipinski definition) is 3. The lowest BCUT2D eigenvalue weighted by Gasteiger charge is -2.55. The predicted octanol–water partition coefficient (Wildman–Crippen LogP) is 1.81. The minimum atomic E-state index is -0.0733. The van der Waals surface area contributed by atoms with Crippen molar-refractivity contribution in [2.45, 2.75) is 58.7 Å². The molecule has 0 saturated heterocycles. The molecule has 5 heteroatoms. The van der Waals surface area contributed by atoms with E-state index < -0.39 is 0 Å². The molecule has 0 heterocycles. The number of ether oxygens (including phenoxy) is 1. The molecular weight excluding hydrogens is 252 g/mol. The monoisotopic (exact) mass is 278 g/mol. The van der Waals surface area contributed by atoms with E-state index in [0.717, 1.165) is 13.0 Å². The van der Waals surface area contributed by atoms with Gasteiger partial charge in [0.2, 0.25) is 5.91 Å². The highest BCUT2D eigenvalue weighted by atomic mass is 35.5. The Bertz CT molecular complexity index is 282. The highest BCUT2D eigenvalue weighted by molar-refractivity contribution is 5.85. The molecule has 0 aromatic rings. The van der Waals surface area contributed by atoms with Crippen molar-refractivity contribution in [1.82, 2.24) is 4.90 Å². The summed E-state index contributed by atoms with van der Waals surface area (Å²) in [7, 11) is 1.87. The van der Waals surface area contributed by atoms with Gasteiger partial charge in [0.05, 0.1) is 6.10 Å². The van der Waals surface area contributed by atoms with Gasteiger partial charge in [-0.25, -0.2) is 0 Å². The number of amides is 1. The van der Waals surface area contributed by atoms with Crippen molar-refractivity contribution in [3.8, 4) is 0 Å². The van der Waals surface area contributed by atoms with Gasteiger partial charge in [-0.05, 0) is 20.3 Å². The smallest absolute Gasteiger partial charge is 0.224 e. The second-order valence-corrected chi connectivity index (χ2v) is 5.70. The van der Waals surface area contributed by atoms with Crippen molar-refractivity contribution < 1.29 is 9.53 Å². The van der Waals surface area contributed by atoms with Crippen LogP contribution in [-0.2, 0) is 9.53 Å². The third-order valence-electron chi connectivity index (χ3n) is 3.85. The molecule has 1 aliphatic carbocycles. The molecule has 1 amide bonds. The average Bonchev–Trinajstić information content (AvgIpc) is 2.21. The normalized spacial score (nSPS) is 26.8. The zero-order valence-electron chi connectivity index (χ0n) is 12.1. The van der Waals surface area contributed by atoms with Crippen LogP contribution in [0.1, 0.15) is 40.5 Å². The van der Waals surface area contributed by atoms with Gasteiger partial charge in [0.15, 0.2) is 0 Å². The van der Waals surface area contributed by atoms with Gasteiger partial charge in [-0.1, -0.05) is 13.8 Å². The predicted molar refractivity (Wildman–Crippen MR) is 75.9 cm³/mol. The van der Waals surface area contributed by atoms with Gasteiger partial charge >= 0.3 is 0 Å². The van der Waals surface area contributed by atoms with Gasteiger partial charge in [-0.2, -0.15) is 0 Å². The molecule has 0 aliphatic heterocycles. The highest BCUT2D eigenvalue weighted by Gasteiger charge is 2.51. The van der Waals surface area contributed by atoms with Crippen LogP contribution >= 0.6 is 12.4 Å². The maximum Gasteiger partial charge on any atom is 0.224 e. The van der Waals surface area contributed by atoms with E-state index in [1.165, 1.54) is 0 Å². The number of hydrogen-bond donors (Lipinski definition) is 1. The van der Waals surface area contributed by atoms with Crippen molar-refractivity contribution >= 4 is 18.3 Å².